The lowest BCUT2D eigenvalue weighted by Crippen LogP contribution is -1.68. The minimum Gasteiger partial charge on any atom is -0.249 e. The molecular weight excluding hydrogens is 829 g/mol. The van der Waals surface area contributed by atoms with E-state index in [-0.39, 0.29) is 0 Å². The van der Waals surface area contributed by atoms with Crippen molar-refractivity contribution in [3.05, 3.63) is 113 Å². The van der Waals surface area contributed by atoms with Crippen LogP contribution in [0.25, 0.3) is 49.2 Å². The van der Waals surface area contributed by atoms with Crippen LogP contribution in [-0.2, 0) is 0 Å². The number of thiophene rings is 3. The molecule has 9 heterocycles. The molecule has 0 aliphatic rings. The smallest absolute Gasteiger partial charge is 0.152 e. The van der Waals surface area contributed by atoms with Crippen molar-refractivity contribution in [2.75, 3.05) is 0 Å². The van der Waals surface area contributed by atoms with E-state index in [1.54, 1.807) is 79.4 Å². The first-order valence-corrected chi connectivity index (χ1v) is 23.6. The van der Waals surface area contributed by atoms with Gasteiger partial charge in [0.05, 0.1) is 39.4 Å². The predicted octanol–water partition coefficient (Wildman–Crippen LogP) is 14.5. The molecule has 9 rings (SSSR count). The third kappa shape index (κ3) is 11.2. The Balaban J connectivity index is 0.000000123. The van der Waals surface area contributed by atoms with Crippen LogP contribution >= 0.6 is 102 Å². The van der Waals surface area contributed by atoms with Crippen LogP contribution in [0.5, 0.6) is 0 Å². The lowest BCUT2D eigenvalue weighted by Gasteiger charge is -1.88. The maximum absolute atomic E-state index is 4.52. The lowest BCUT2D eigenvalue weighted by atomic mass is 10.4. The third-order valence-electron chi connectivity index (χ3n) is 6.96. The van der Waals surface area contributed by atoms with Crippen molar-refractivity contribution in [3.8, 4) is 49.2 Å². The lowest BCUT2D eigenvalue weighted by molar-refractivity contribution is 1.29. The quantitative estimate of drug-likeness (QED) is 0.171. The van der Waals surface area contributed by atoms with Crippen molar-refractivity contribution in [3.63, 3.8) is 0 Å². The maximum atomic E-state index is 4.52. The monoisotopic (exact) mass is 864 g/mol. The molecule has 0 atom stereocenters. The first-order valence-electron chi connectivity index (χ1n) is 16.3. The summed E-state index contributed by atoms with van der Waals surface area (Å²) in [4.78, 5) is 41.1. The Morgan fingerprint density at radius 3 is 0.925 bits per heavy atom. The van der Waals surface area contributed by atoms with Gasteiger partial charge >= 0.3 is 0 Å². The summed E-state index contributed by atoms with van der Waals surface area (Å²) < 4.78 is 0. The molecule has 0 aliphatic heterocycles. The van der Waals surface area contributed by atoms with Crippen molar-refractivity contribution in [2.24, 2.45) is 0 Å². The van der Waals surface area contributed by atoms with Gasteiger partial charge < -0.3 is 0 Å². The molecule has 9 aromatic heterocycles. The average Bonchev–Trinajstić information content (AvgIpc) is 3.95. The van der Waals surface area contributed by atoms with Gasteiger partial charge in [-0.25, -0.2) is 29.9 Å². The van der Waals surface area contributed by atoms with Gasteiger partial charge in [0, 0.05) is 71.3 Å². The molecule has 0 aromatic carbocycles. The van der Waals surface area contributed by atoms with Crippen molar-refractivity contribution in [2.45, 2.75) is 55.4 Å². The van der Waals surface area contributed by atoms with Gasteiger partial charge in [0.25, 0.3) is 0 Å². The van der Waals surface area contributed by atoms with Crippen molar-refractivity contribution >= 4 is 102 Å². The topological polar surface area (TPSA) is 77.3 Å². The SMILES string of the molecule is Cc1ccc(-c2cnc(-c3ccc(C)s3)s2)s1.Cc1ccc(-c2cnc(C)s2)s1.Cc1cnc(-c2ncc(C)s2)s1.Cc1ncc(-c2cnc(C)s2)s1. The van der Waals surface area contributed by atoms with Crippen molar-refractivity contribution < 1.29 is 0 Å². The van der Waals surface area contributed by atoms with E-state index in [1.807, 2.05) is 80.6 Å². The van der Waals surface area contributed by atoms with E-state index in [4.69, 9.17) is 0 Å². The van der Waals surface area contributed by atoms with Crippen molar-refractivity contribution in [1.82, 2.24) is 29.9 Å². The molecule has 0 amide bonds. The summed E-state index contributed by atoms with van der Waals surface area (Å²) in [6.07, 6.45) is 11.5. The number of aromatic nitrogens is 6. The molecule has 0 saturated heterocycles. The summed E-state index contributed by atoms with van der Waals surface area (Å²) in [5.41, 5.74) is 0. The zero-order chi connectivity index (χ0) is 37.5. The van der Waals surface area contributed by atoms with E-state index in [0.29, 0.717) is 0 Å². The third-order valence-corrected chi connectivity index (χ3v) is 16.4. The molecule has 6 nitrogen and oxygen atoms in total. The minimum atomic E-state index is 1.03. The number of nitrogens with zero attached hydrogens (tertiary/aromatic N) is 6. The molecule has 0 N–H and O–H groups in total. The highest BCUT2D eigenvalue weighted by molar-refractivity contribution is 7.26. The normalized spacial score (nSPS) is 10.6. The fourth-order valence-electron chi connectivity index (χ4n) is 4.52. The second-order valence-electron chi connectivity index (χ2n) is 11.5. The van der Waals surface area contributed by atoms with Gasteiger partial charge in [-0.1, -0.05) is 0 Å². The number of hydrogen-bond donors (Lipinski definition) is 0. The fourth-order valence-corrected chi connectivity index (χ4v) is 12.2. The molecule has 0 spiro atoms. The molecule has 0 aliphatic carbocycles. The summed E-state index contributed by atoms with van der Waals surface area (Å²) in [6.45, 7) is 16.6. The molecular formula is C38H36N6S9. The summed E-state index contributed by atoms with van der Waals surface area (Å²) in [7, 11) is 0. The van der Waals surface area contributed by atoms with Crippen LogP contribution in [0.3, 0.4) is 0 Å². The number of thiazole rings is 6. The zero-order valence-electron chi connectivity index (χ0n) is 30.3. The molecule has 0 bridgehead atoms. The second-order valence-corrected chi connectivity index (χ2v) is 22.6. The van der Waals surface area contributed by atoms with Crippen LogP contribution in [0.15, 0.2) is 73.6 Å². The Morgan fingerprint density at radius 1 is 0.264 bits per heavy atom. The number of aryl methyl sites for hydroxylation is 8. The molecule has 53 heavy (non-hydrogen) atoms. The summed E-state index contributed by atoms with van der Waals surface area (Å²) >= 11 is 15.8. The molecule has 0 fully saturated rings. The van der Waals surface area contributed by atoms with Gasteiger partial charge in [-0.3, -0.25) is 0 Å². The molecule has 9 aromatic rings. The Morgan fingerprint density at radius 2 is 0.604 bits per heavy atom. The fraction of sp³-hybridized carbons (Fsp3) is 0.211. The maximum Gasteiger partial charge on any atom is 0.152 e. The zero-order valence-corrected chi connectivity index (χ0v) is 37.6. The van der Waals surface area contributed by atoms with Gasteiger partial charge in [0.1, 0.15) is 5.01 Å². The van der Waals surface area contributed by atoms with Gasteiger partial charge in [-0.05, 0) is 91.8 Å². The summed E-state index contributed by atoms with van der Waals surface area (Å²) in [5.74, 6) is 0. The first kappa shape index (κ1) is 39.6. The second kappa shape index (κ2) is 18.5. The Bertz CT molecular complexity index is 2140. The average molecular weight is 865 g/mol. The van der Waals surface area contributed by atoms with Crippen LogP contribution in [-0.4, -0.2) is 29.9 Å². The Labute approximate surface area is 346 Å². The minimum absolute atomic E-state index is 1.03. The molecule has 0 saturated carbocycles. The standard InChI is InChI=1S/C13H11NS3.C9H9NS2.2C8H8N2S2/c1-8-3-5-10(15-8)12-7-14-13(17-12)11-6-4-9(2)16-11;1-6-3-4-8(11-6)9-5-10-7(2)12-9;1-5-9-3-7(11-5)8-4-10-6(2)12-8;1-5-3-9-7(11-5)8-10-4-6(2)12-8/h3-7H,1-2H3;3-5H,1-2H3;2*3-4H,1-2H3. The van der Waals surface area contributed by atoms with E-state index >= 15 is 0 Å². The van der Waals surface area contributed by atoms with Crippen LogP contribution in [0.2, 0.25) is 0 Å². The van der Waals surface area contributed by atoms with Crippen LogP contribution in [0, 0.1) is 55.4 Å². The van der Waals surface area contributed by atoms with Gasteiger partial charge in [0.15, 0.2) is 10.0 Å². The summed E-state index contributed by atoms with van der Waals surface area (Å²) in [6, 6.07) is 13.0. The van der Waals surface area contributed by atoms with Crippen LogP contribution in [0.1, 0.15) is 39.4 Å². The molecule has 15 heteroatoms. The predicted molar refractivity (Wildman–Crippen MR) is 239 cm³/mol. The van der Waals surface area contributed by atoms with Crippen LogP contribution in [0.4, 0.5) is 0 Å². The Kier molecular flexibility index (Phi) is 13.8. The van der Waals surface area contributed by atoms with Gasteiger partial charge in [-0.2, -0.15) is 0 Å². The highest BCUT2D eigenvalue weighted by Gasteiger charge is 2.10. The molecule has 272 valence electrons. The Hall–Kier alpha value is -3.12. The van der Waals surface area contributed by atoms with E-state index in [0.717, 1.165) is 30.0 Å². The van der Waals surface area contributed by atoms with Crippen molar-refractivity contribution in [1.29, 1.82) is 0 Å². The largest absolute Gasteiger partial charge is 0.249 e. The van der Waals surface area contributed by atoms with E-state index in [1.165, 1.54) is 58.5 Å². The van der Waals surface area contributed by atoms with E-state index in [9.17, 15) is 0 Å². The number of rotatable bonds is 5. The molecule has 0 unspecified atom stereocenters. The highest BCUT2D eigenvalue weighted by atomic mass is 32.1. The first-order chi connectivity index (χ1) is 25.5. The van der Waals surface area contributed by atoms with Crippen LogP contribution < -0.4 is 0 Å². The van der Waals surface area contributed by atoms with E-state index in [2.05, 4.69) is 101 Å². The molecule has 0 radical (unpaired) electrons. The summed E-state index contributed by atoms with van der Waals surface area (Å²) in [5, 5.41) is 6.54. The highest BCUT2D eigenvalue weighted by Crippen LogP contribution is 2.38. The van der Waals surface area contributed by atoms with Gasteiger partial charge in [0.2, 0.25) is 0 Å². The number of hydrogen-bond acceptors (Lipinski definition) is 15. The van der Waals surface area contributed by atoms with E-state index < -0.39 is 0 Å². The van der Waals surface area contributed by atoms with Gasteiger partial charge in [-0.15, -0.1) is 102 Å².